The molecular formula is C18H15IN2O4. The Kier molecular flexibility index (Phi) is 5.22. The zero-order chi connectivity index (χ0) is 17.8. The van der Waals surface area contributed by atoms with Crippen LogP contribution in [0.4, 0.5) is 0 Å². The van der Waals surface area contributed by atoms with Crippen LogP contribution in [0.15, 0.2) is 52.0 Å². The van der Waals surface area contributed by atoms with Crippen LogP contribution in [0.3, 0.4) is 0 Å². The van der Waals surface area contributed by atoms with Crippen molar-refractivity contribution in [2.75, 3.05) is 14.2 Å². The number of rotatable bonds is 5. The van der Waals surface area contributed by atoms with Crippen LogP contribution in [0.1, 0.15) is 16.1 Å². The number of fused-ring (bicyclic) bond motifs is 1. The van der Waals surface area contributed by atoms with E-state index in [9.17, 15) is 4.79 Å². The molecule has 0 atom stereocenters. The number of nitrogens with one attached hydrogen (secondary N) is 1. The largest absolute Gasteiger partial charge is 0.493 e. The van der Waals surface area contributed by atoms with E-state index in [0.29, 0.717) is 17.1 Å². The molecule has 128 valence electrons. The van der Waals surface area contributed by atoms with E-state index < -0.39 is 5.91 Å². The van der Waals surface area contributed by atoms with Gasteiger partial charge < -0.3 is 13.9 Å². The monoisotopic (exact) mass is 450 g/mol. The van der Waals surface area contributed by atoms with E-state index in [0.717, 1.165) is 14.5 Å². The van der Waals surface area contributed by atoms with Crippen LogP contribution < -0.4 is 14.9 Å². The molecule has 3 rings (SSSR count). The van der Waals surface area contributed by atoms with Crippen LogP contribution in [-0.4, -0.2) is 26.3 Å². The highest BCUT2D eigenvalue weighted by Crippen LogP contribution is 2.33. The Morgan fingerprint density at radius 1 is 1.20 bits per heavy atom. The zero-order valence-corrected chi connectivity index (χ0v) is 15.7. The van der Waals surface area contributed by atoms with E-state index in [2.05, 4.69) is 33.1 Å². The highest BCUT2D eigenvalue weighted by Gasteiger charge is 2.12. The van der Waals surface area contributed by atoms with Crippen molar-refractivity contribution >= 4 is 45.7 Å². The molecule has 1 heterocycles. The highest BCUT2D eigenvalue weighted by molar-refractivity contribution is 14.1. The van der Waals surface area contributed by atoms with Crippen molar-refractivity contribution in [1.82, 2.24) is 5.43 Å². The van der Waals surface area contributed by atoms with Crippen molar-refractivity contribution in [3.05, 3.63) is 57.4 Å². The Morgan fingerprint density at radius 3 is 2.72 bits per heavy atom. The highest BCUT2D eigenvalue weighted by atomic mass is 127. The van der Waals surface area contributed by atoms with Gasteiger partial charge in [-0.2, -0.15) is 5.10 Å². The number of halogens is 1. The van der Waals surface area contributed by atoms with Gasteiger partial charge in [0.25, 0.3) is 0 Å². The Balaban J connectivity index is 1.74. The second kappa shape index (κ2) is 7.56. The average molecular weight is 450 g/mol. The smallest absolute Gasteiger partial charge is 0.307 e. The first-order chi connectivity index (χ1) is 12.1. The van der Waals surface area contributed by atoms with Gasteiger partial charge in [-0.1, -0.05) is 18.2 Å². The number of hydrazone groups is 1. The summed E-state index contributed by atoms with van der Waals surface area (Å²) < 4.78 is 17.0. The van der Waals surface area contributed by atoms with Crippen molar-refractivity contribution in [2.45, 2.75) is 0 Å². The first kappa shape index (κ1) is 17.3. The molecule has 0 fully saturated rings. The minimum atomic E-state index is -0.414. The third kappa shape index (κ3) is 3.76. The summed E-state index contributed by atoms with van der Waals surface area (Å²) >= 11 is 2.15. The molecule has 2 aromatic carbocycles. The normalized spacial score (nSPS) is 11.0. The van der Waals surface area contributed by atoms with Crippen molar-refractivity contribution in [1.29, 1.82) is 0 Å². The van der Waals surface area contributed by atoms with Crippen LogP contribution in [0.2, 0.25) is 0 Å². The van der Waals surface area contributed by atoms with E-state index in [1.807, 2.05) is 24.3 Å². The molecule has 0 radical (unpaired) electrons. The number of ether oxygens (including phenoxy) is 2. The molecule has 0 aliphatic heterocycles. The lowest BCUT2D eigenvalue weighted by atomic mass is 10.2. The minimum Gasteiger partial charge on any atom is -0.493 e. The van der Waals surface area contributed by atoms with Crippen molar-refractivity contribution < 1.29 is 18.7 Å². The van der Waals surface area contributed by atoms with Gasteiger partial charge in [0.2, 0.25) is 0 Å². The van der Waals surface area contributed by atoms with Gasteiger partial charge in [0.1, 0.15) is 5.58 Å². The van der Waals surface area contributed by atoms with E-state index in [4.69, 9.17) is 13.9 Å². The maximum absolute atomic E-state index is 12.1. The molecule has 1 N–H and O–H groups in total. The van der Waals surface area contributed by atoms with Crippen LogP contribution in [0, 0.1) is 3.57 Å². The number of benzene rings is 2. The molecule has 0 aliphatic rings. The number of hydrogen-bond acceptors (Lipinski definition) is 5. The first-order valence-electron chi connectivity index (χ1n) is 7.36. The predicted octanol–water partition coefficient (Wildman–Crippen LogP) is 3.82. The molecule has 6 nitrogen and oxygen atoms in total. The maximum Gasteiger partial charge on any atom is 0.307 e. The molecule has 7 heteroatoms. The van der Waals surface area contributed by atoms with E-state index in [1.54, 1.807) is 32.4 Å². The fraction of sp³-hybridized carbons (Fsp3) is 0.111. The van der Waals surface area contributed by atoms with Crippen LogP contribution in [-0.2, 0) is 0 Å². The van der Waals surface area contributed by atoms with Crippen LogP contribution in [0.25, 0.3) is 11.0 Å². The number of amides is 1. The summed E-state index contributed by atoms with van der Waals surface area (Å²) in [4.78, 5) is 12.1. The summed E-state index contributed by atoms with van der Waals surface area (Å²) in [6.45, 7) is 0. The quantitative estimate of drug-likeness (QED) is 0.365. The summed E-state index contributed by atoms with van der Waals surface area (Å²) in [7, 11) is 3.15. The van der Waals surface area contributed by atoms with Crippen molar-refractivity contribution in [2.24, 2.45) is 5.10 Å². The predicted molar refractivity (Wildman–Crippen MR) is 104 cm³/mol. The van der Waals surface area contributed by atoms with Gasteiger partial charge in [-0.25, -0.2) is 5.43 Å². The molecule has 25 heavy (non-hydrogen) atoms. The first-order valence-corrected chi connectivity index (χ1v) is 8.43. The Hall–Kier alpha value is -2.55. The Labute approximate surface area is 157 Å². The van der Waals surface area contributed by atoms with Crippen molar-refractivity contribution in [3.63, 3.8) is 0 Å². The molecule has 3 aromatic rings. The van der Waals surface area contributed by atoms with Gasteiger partial charge in [-0.15, -0.1) is 0 Å². The van der Waals surface area contributed by atoms with Gasteiger partial charge >= 0.3 is 5.91 Å². The maximum atomic E-state index is 12.1. The molecule has 0 unspecified atom stereocenters. The summed E-state index contributed by atoms with van der Waals surface area (Å²) in [5.74, 6) is 1.05. The number of methoxy groups -OCH3 is 2. The fourth-order valence-electron chi connectivity index (χ4n) is 2.33. The number of hydrogen-bond donors (Lipinski definition) is 1. The molecule has 0 spiro atoms. The van der Waals surface area contributed by atoms with Crippen LogP contribution in [0.5, 0.6) is 11.5 Å². The second-order valence-electron chi connectivity index (χ2n) is 5.09. The Morgan fingerprint density at radius 2 is 2.00 bits per heavy atom. The third-order valence-electron chi connectivity index (χ3n) is 3.48. The average Bonchev–Trinajstić information content (AvgIpc) is 3.05. The topological polar surface area (TPSA) is 73.1 Å². The molecule has 0 saturated carbocycles. The van der Waals surface area contributed by atoms with Gasteiger partial charge in [-0.05, 0) is 52.4 Å². The molecule has 1 aromatic heterocycles. The van der Waals surface area contributed by atoms with Gasteiger partial charge in [0, 0.05) is 5.39 Å². The standard InChI is InChI=1S/C18H15IN2O4/c1-23-15-8-11(7-13(19)17(15)24-2)10-20-21-18(22)16-9-12-5-3-4-6-14(12)25-16/h3-10H,1-2H3,(H,21,22)/b20-10+. The van der Waals surface area contributed by atoms with E-state index in [-0.39, 0.29) is 5.76 Å². The summed E-state index contributed by atoms with van der Waals surface area (Å²) in [5, 5.41) is 4.84. The van der Waals surface area contributed by atoms with Gasteiger partial charge in [0.15, 0.2) is 17.3 Å². The van der Waals surface area contributed by atoms with E-state index in [1.165, 1.54) is 6.21 Å². The van der Waals surface area contributed by atoms with E-state index >= 15 is 0 Å². The lowest BCUT2D eigenvalue weighted by molar-refractivity contribution is 0.0929. The number of para-hydroxylation sites is 1. The van der Waals surface area contributed by atoms with Crippen LogP contribution >= 0.6 is 22.6 Å². The third-order valence-corrected chi connectivity index (χ3v) is 4.29. The number of furan rings is 1. The molecule has 0 bridgehead atoms. The minimum absolute atomic E-state index is 0.209. The molecule has 0 aliphatic carbocycles. The summed E-state index contributed by atoms with van der Waals surface area (Å²) in [5.41, 5.74) is 3.88. The summed E-state index contributed by atoms with van der Waals surface area (Å²) in [6.07, 6.45) is 1.53. The number of carbonyl (C=O) groups excluding carboxylic acids is 1. The number of nitrogens with zero attached hydrogens (tertiary/aromatic N) is 1. The molecular weight excluding hydrogens is 435 g/mol. The molecule has 1 amide bonds. The van der Waals surface area contributed by atoms with Gasteiger partial charge in [-0.3, -0.25) is 4.79 Å². The Bertz CT molecular complexity index is 916. The van der Waals surface area contributed by atoms with Gasteiger partial charge in [0.05, 0.1) is 24.0 Å². The molecule has 0 saturated heterocycles. The SMILES string of the molecule is COc1cc(/C=N/NC(=O)c2cc3ccccc3o2)cc(I)c1OC. The van der Waals surface area contributed by atoms with Crippen molar-refractivity contribution in [3.8, 4) is 11.5 Å². The fourth-order valence-corrected chi connectivity index (χ4v) is 3.17. The zero-order valence-electron chi connectivity index (χ0n) is 13.6. The number of carbonyl (C=O) groups is 1. The lowest BCUT2D eigenvalue weighted by Crippen LogP contribution is -2.16. The second-order valence-corrected chi connectivity index (χ2v) is 6.25. The summed E-state index contributed by atoms with van der Waals surface area (Å²) in [6, 6.07) is 12.8. The lowest BCUT2D eigenvalue weighted by Gasteiger charge is -2.10.